The van der Waals surface area contributed by atoms with Crippen LogP contribution in [0.1, 0.15) is 34.2 Å². The molecule has 0 aliphatic carbocycles. The highest BCUT2D eigenvalue weighted by molar-refractivity contribution is 8.18. The van der Waals surface area contributed by atoms with Crippen LogP contribution in [-0.4, -0.2) is 35.3 Å². The smallest absolute Gasteiger partial charge is 0.380 e. The molecule has 2 aliphatic rings. The van der Waals surface area contributed by atoms with E-state index in [2.05, 4.69) is 10.3 Å². The Kier molecular flexibility index (Phi) is 6.67. The van der Waals surface area contributed by atoms with Crippen molar-refractivity contribution in [3.05, 3.63) is 69.1 Å². The Balaban J connectivity index is 1.52. The molecule has 2 aliphatic heterocycles. The Morgan fingerprint density at radius 2 is 1.80 bits per heavy atom. The maximum atomic E-state index is 13.4. The summed E-state index contributed by atoms with van der Waals surface area (Å²) < 4.78 is 78.8. The fourth-order valence-electron chi connectivity index (χ4n) is 3.50. The van der Waals surface area contributed by atoms with Gasteiger partial charge in [0.05, 0.1) is 16.0 Å². The first kappa shape index (κ1) is 24.8. The molecule has 2 aromatic carbocycles. The minimum atomic E-state index is -4.97. The molecule has 0 bridgehead atoms. The van der Waals surface area contributed by atoms with Crippen molar-refractivity contribution in [2.75, 3.05) is 18.4 Å². The van der Waals surface area contributed by atoms with Gasteiger partial charge >= 0.3 is 12.4 Å². The van der Waals surface area contributed by atoms with Crippen LogP contribution in [0.25, 0.3) is 6.08 Å². The number of anilines is 1. The summed E-state index contributed by atoms with van der Waals surface area (Å²) in [4.78, 5) is 18.6. The summed E-state index contributed by atoms with van der Waals surface area (Å²) in [7, 11) is 0. The van der Waals surface area contributed by atoms with Gasteiger partial charge in [0.25, 0.3) is 5.91 Å². The fourth-order valence-corrected chi connectivity index (χ4v) is 4.47. The van der Waals surface area contributed by atoms with Gasteiger partial charge in [-0.2, -0.15) is 31.3 Å². The third-order valence-electron chi connectivity index (χ3n) is 5.48. The number of rotatable bonds is 5. The molecular weight excluding hydrogens is 494 g/mol. The van der Waals surface area contributed by atoms with Gasteiger partial charge in [0.15, 0.2) is 5.17 Å². The lowest BCUT2D eigenvalue weighted by Gasteiger charge is -2.31. The molecule has 184 valence electrons. The van der Waals surface area contributed by atoms with Crippen molar-refractivity contribution in [1.29, 1.82) is 5.41 Å². The molecule has 0 unspecified atom stereocenters. The summed E-state index contributed by atoms with van der Waals surface area (Å²) in [5, 5.41) is 11.1. The van der Waals surface area contributed by atoms with E-state index in [1.54, 1.807) is 18.2 Å². The van der Waals surface area contributed by atoms with Gasteiger partial charge in [0.1, 0.15) is 0 Å². The van der Waals surface area contributed by atoms with E-state index >= 15 is 0 Å². The molecule has 2 heterocycles. The van der Waals surface area contributed by atoms with Gasteiger partial charge in [-0.3, -0.25) is 4.79 Å². The number of carbonyl (C=O) groups is 1. The number of amides is 1. The predicted octanol–water partition coefficient (Wildman–Crippen LogP) is 6.01. The van der Waals surface area contributed by atoms with Crippen LogP contribution in [0.15, 0.2) is 46.3 Å². The molecular formula is C23H18F6N4OS. The molecule has 1 amide bonds. The molecule has 2 aromatic rings. The Morgan fingerprint density at radius 1 is 1.06 bits per heavy atom. The molecule has 0 radical (unpaired) electrons. The number of carbonyl (C=O) groups excluding carboxylic acids is 1. The molecule has 4 rings (SSSR count). The van der Waals surface area contributed by atoms with Gasteiger partial charge in [0.2, 0.25) is 0 Å². The first-order valence-corrected chi connectivity index (χ1v) is 11.2. The van der Waals surface area contributed by atoms with Crippen molar-refractivity contribution >= 4 is 40.8 Å². The fraction of sp³-hybridized carbons (Fsp3) is 0.261. The second kappa shape index (κ2) is 9.40. The second-order valence-electron chi connectivity index (χ2n) is 7.86. The minimum absolute atomic E-state index is 0.0939. The van der Waals surface area contributed by atoms with Gasteiger partial charge in [-0.1, -0.05) is 12.1 Å². The molecule has 1 fully saturated rings. The topological polar surface area (TPSA) is 68.5 Å². The lowest BCUT2D eigenvalue weighted by Crippen LogP contribution is -2.39. The average Bonchev–Trinajstić information content (AvgIpc) is 3.09. The van der Waals surface area contributed by atoms with Crippen molar-refractivity contribution < 1.29 is 31.1 Å². The minimum Gasteiger partial charge on any atom is -0.380 e. The van der Waals surface area contributed by atoms with Crippen LogP contribution in [0.5, 0.6) is 0 Å². The van der Waals surface area contributed by atoms with E-state index in [4.69, 9.17) is 5.41 Å². The number of halogens is 6. The SMILES string of the molecule is N=Cc1cc(/C=C2\SC(N3CCC3)=NC2=O)ccc1NCc1ccc(C(F)(F)F)cc1C(F)(F)F. The Hall–Kier alpha value is -3.28. The number of hydrogen-bond donors (Lipinski definition) is 2. The van der Waals surface area contributed by atoms with E-state index < -0.39 is 30.0 Å². The lowest BCUT2D eigenvalue weighted by atomic mass is 10.0. The van der Waals surface area contributed by atoms with E-state index in [0.29, 0.717) is 33.0 Å². The van der Waals surface area contributed by atoms with Gasteiger partial charge in [-0.15, -0.1) is 0 Å². The normalized spacial score (nSPS) is 17.4. The van der Waals surface area contributed by atoms with E-state index in [1.165, 1.54) is 17.8 Å². The van der Waals surface area contributed by atoms with Crippen LogP contribution in [0.4, 0.5) is 32.0 Å². The molecule has 0 aromatic heterocycles. The van der Waals surface area contributed by atoms with Crippen molar-refractivity contribution in [3.8, 4) is 0 Å². The van der Waals surface area contributed by atoms with Crippen molar-refractivity contribution in [2.24, 2.45) is 4.99 Å². The van der Waals surface area contributed by atoms with Crippen LogP contribution in [0.2, 0.25) is 0 Å². The molecule has 2 N–H and O–H groups in total. The Labute approximate surface area is 200 Å². The quantitative estimate of drug-likeness (QED) is 0.293. The van der Waals surface area contributed by atoms with E-state index in [9.17, 15) is 31.1 Å². The van der Waals surface area contributed by atoms with Crippen LogP contribution in [0.3, 0.4) is 0 Å². The van der Waals surface area contributed by atoms with Crippen LogP contribution < -0.4 is 5.32 Å². The summed E-state index contributed by atoms with van der Waals surface area (Å²) in [6.07, 6.45) is -6.21. The predicted molar refractivity (Wildman–Crippen MR) is 122 cm³/mol. The summed E-state index contributed by atoms with van der Waals surface area (Å²) in [6, 6.07) is 6.22. The number of nitrogens with one attached hydrogen (secondary N) is 2. The molecule has 0 spiro atoms. The molecule has 0 saturated carbocycles. The van der Waals surface area contributed by atoms with E-state index in [-0.39, 0.29) is 17.5 Å². The van der Waals surface area contributed by atoms with Crippen molar-refractivity contribution in [1.82, 2.24) is 4.90 Å². The largest absolute Gasteiger partial charge is 0.416 e. The number of likely N-dealkylation sites (tertiary alicyclic amines) is 1. The van der Waals surface area contributed by atoms with Gasteiger partial charge in [-0.05, 0) is 59.7 Å². The zero-order chi connectivity index (χ0) is 25.4. The maximum Gasteiger partial charge on any atom is 0.416 e. The number of hydrogen-bond acceptors (Lipinski definition) is 5. The monoisotopic (exact) mass is 512 g/mol. The highest BCUT2D eigenvalue weighted by atomic mass is 32.2. The van der Waals surface area contributed by atoms with Crippen LogP contribution in [0, 0.1) is 5.41 Å². The number of benzene rings is 2. The average molecular weight is 512 g/mol. The molecule has 12 heteroatoms. The summed E-state index contributed by atoms with van der Waals surface area (Å²) in [5.41, 5.74) is -1.89. The zero-order valence-electron chi connectivity index (χ0n) is 17.9. The van der Waals surface area contributed by atoms with E-state index in [1.807, 2.05) is 4.90 Å². The highest BCUT2D eigenvalue weighted by Gasteiger charge is 2.38. The number of aliphatic imine (C=N–C) groups is 1. The van der Waals surface area contributed by atoms with Crippen molar-refractivity contribution in [3.63, 3.8) is 0 Å². The lowest BCUT2D eigenvalue weighted by molar-refractivity contribution is -0.143. The molecule has 35 heavy (non-hydrogen) atoms. The summed E-state index contributed by atoms with van der Waals surface area (Å²) >= 11 is 1.26. The standard InChI is InChI=1S/C23H18F6N4OS/c24-22(25,26)16-4-3-14(17(10-16)23(27,28)29)12-31-18-5-2-13(8-15(18)11-30)9-19-20(34)32-21(35-19)33-6-1-7-33/h2-5,8-11,30-31H,1,6-7,12H2/b19-9-,30-11?. The van der Waals surface area contributed by atoms with Gasteiger partial charge in [0, 0.05) is 37.1 Å². The van der Waals surface area contributed by atoms with Crippen LogP contribution >= 0.6 is 11.8 Å². The molecule has 5 nitrogen and oxygen atoms in total. The number of amidine groups is 1. The first-order chi connectivity index (χ1) is 16.5. The van der Waals surface area contributed by atoms with Gasteiger partial charge < -0.3 is 15.6 Å². The van der Waals surface area contributed by atoms with Crippen molar-refractivity contribution in [2.45, 2.75) is 25.3 Å². The second-order valence-corrected chi connectivity index (χ2v) is 8.87. The maximum absolute atomic E-state index is 13.4. The molecule has 0 atom stereocenters. The third kappa shape index (κ3) is 5.53. The Bertz CT molecular complexity index is 1230. The van der Waals surface area contributed by atoms with Gasteiger partial charge in [-0.25, -0.2) is 0 Å². The first-order valence-electron chi connectivity index (χ1n) is 10.4. The summed E-state index contributed by atoms with van der Waals surface area (Å²) in [5.74, 6) is -0.363. The summed E-state index contributed by atoms with van der Waals surface area (Å²) in [6.45, 7) is 1.29. The number of nitrogens with zero attached hydrogens (tertiary/aromatic N) is 2. The van der Waals surface area contributed by atoms with Crippen LogP contribution in [-0.2, 0) is 23.7 Å². The highest BCUT2D eigenvalue weighted by Crippen LogP contribution is 2.38. The number of alkyl halides is 6. The third-order valence-corrected chi connectivity index (χ3v) is 6.52. The molecule has 1 saturated heterocycles. The van der Waals surface area contributed by atoms with E-state index in [0.717, 1.165) is 31.8 Å². The Morgan fingerprint density at radius 3 is 2.40 bits per heavy atom. The number of thioether (sulfide) groups is 1. The zero-order valence-corrected chi connectivity index (χ0v) is 18.7.